The molecule has 0 spiro atoms. The van der Waals surface area contributed by atoms with Crippen LogP contribution >= 0.6 is 0 Å². The average molecular weight is 319 g/mol. The molecule has 1 aromatic carbocycles. The van der Waals surface area contributed by atoms with Crippen LogP contribution in [0.2, 0.25) is 0 Å². The number of nitrogens with zero attached hydrogens (tertiary/aromatic N) is 2. The molecule has 0 fully saturated rings. The lowest BCUT2D eigenvalue weighted by Crippen LogP contribution is -2.28. The van der Waals surface area contributed by atoms with Gasteiger partial charge in [0.1, 0.15) is 12.3 Å². The Balaban J connectivity index is 1.82. The van der Waals surface area contributed by atoms with Gasteiger partial charge in [0.25, 0.3) is 0 Å². The number of nitrogens with one attached hydrogen (secondary N) is 1. The van der Waals surface area contributed by atoms with Crippen molar-refractivity contribution in [3.05, 3.63) is 30.2 Å². The number of amides is 1. The van der Waals surface area contributed by atoms with Crippen LogP contribution in [0.1, 0.15) is 18.7 Å². The fraction of sp³-hybridized carbons (Fsp3) is 0.333. The number of rotatable bonds is 8. The van der Waals surface area contributed by atoms with Gasteiger partial charge in [0, 0.05) is 18.4 Å². The highest BCUT2D eigenvalue weighted by Gasteiger charge is 2.10. The topological polar surface area (TPSA) is 115 Å². The second-order valence-corrected chi connectivity index (χ2v) is 4.76. The molecule has 0 aliphatic carbocycles. The number of carbonyl (C=O) groups is 2. The van der Waals surface area contributed by atoms with E-state index < -0.39 is 5.97 Å². The van der Waals surface area contributed by atoms with Gasteiger partial charge in [0.05, 0.1) is 7.11 Å². The Kier molecular flexibility index (Phi) is 5.67. The van der Waals surface area contributed by atoms with Gasteiger partial charge in [-0.2, -0.15) is 4.98 Å². The minimum Gasteiger partial charge on any atom is -0.497 e. The van der Waals surface area contributed by atoms with E-state index in [1.165, 1.54) is 0 Å². The Morgan fingerprint density at radius 3 is 2.70 bits per heavy atom. The number of benzene rings is 1. The molecule has 1 aromatic heterocycles. The van der Waals surface area contributed by atoms with Crippen molar-refractivity contribution in [2.24, 2.45) is 0 Å². The van der Waals surface area contributed by atoms with Crippen LogP contribution in [-0.4, -0.2) is 40.8 Å². The maximum absolute atomic E-state index is 11.4. The van der Waals surface area contributed by atoms with Crippen LogP contribution in [0.15, 0.2) is 28.8 Å². The highest BCUT2D eigenvalue weighted by atomic mass is 16.5. The Morgan fingerprint density at radius 1 is 1.30 bits per heavy atom. The van der Waals surface area contributed by atoms with Crippen LogP contribution in [0.4, 0.5) is 0 Å². The van der Waals surface area contributed by atoms with Gasteiger partial charge in [-0.3, -0.25) is 9.59 Å². The molecule has 0 radical (unpaired) electrons. The molecule has 0 saturated heterocycles. The van der Waals surface area contributed by atoms with E-state index in [1.54, 1.807) is 19.2 Å². The van der Waals surface area contributed by atoms with Crippen LogP contribution in [0.3, 0.4) is 0 Å². The van der Waals surface area contributed by atoms with Gasteiger partial charge < -0.3 is 19.7 Å². The zero-order valence-electron chi connectivity index (χ0n) is 12.6. The van der Waals surface area contributed by atoms with Crippen LogP contribution < -0.4 is 10.1 Å². The van der Waals surface area contributed by atoms with E-state index in [1.807, 2.05) is 12.1 Å². The first-order chi connectivity index (χ1) is 11.1. The molecular weight excluding hydrogens is 302 g/mol. The van der Waals surface area contributed by atoms with E-state index in [0.717, 1.165) is 11.3 Å². The molecule has 8 heteroatoms. The number of aryl methyl sites for hydroxylation is 1. The first kappa shape index (κ1) is 16.5. The van der Waals surface area contributed by atoms with Crippen LogP contribution in [-0.2, 0) is 16.0 Å². The summed E-state index contributed by atoms with van der Waals surface area (Å²) in [5.41, 5.74) is 0.806. The fourth-order valence-electron chi connectivity index (χ4n) is 1.88. The number of ether oxygens (including phenoxy) is 1. The standard InChI is InChI=1S/C15H17N3O5/c1-22-11-7-5-10(6-8-11)15-17-13(23-18-15)4-2-3-12(19)16-9-14(20)21/h5-8H,2-4,9H2,1H3,(H,16,19)(H,20,21). The van der Waals surface area contributed by atoms with E-state index >= 15 is 0 Å². The molecule has 0 saturated carbocycles. The minimum atomic E-state index is -1.07. The normalized spacial score (nSPS) is 10.3. The summed E-state index contributed by atoms with van der Waals surface area (Å²) in [7, 11) is 1.59. The number of hydrogen-bond donors (Lipinski definition) is 2. The Bertz CT molecular complexity index is 666. The zero-order valence-corrected chi connectivity index (χ0v) is 12.6. The molecule has 0 bridgehead atoms. The molecule has 0 aliphatic rings. The van der Waals surface area contributed by atoms with Crippen molar-refractivity contribution >= 4 is 11.9 Å². The number of aliphatic carboxylic acids is 1. The third-order valence-corrected chi connectivity index (χ3v) is 3.05. The number of carboxylic acids is 1. The third-order valence-electron chi connectivity index (χ3n) is 3.05. The van der Waals surface area contributed by atoms with Crippen molar-refractivity contribution in [3.63, 3.8) is 0 Å². The van der Waals surface area contributed by atoms with E-state index in [0.29, 0.717) is 24.6 Å². The molecule has 0 unspecified atom stereocenters. The van der Waals surface area contributed by atoms with Gasteiger partial charge in [0.2, 0.25) is 17.6 Å². The summed E-state index contributed by atoms with van der Waals surface area (Å²) in [6, 6.07) is 7.26. The van der Waals surface area contributed by atoms with Crippen molar-refractivity contribution < 1.29 is 24.0 Å². The fourth-order valence-corrected chi connectivity index (χ4v) is 1.88. The highest BCUT2D eigenvalue weighted by molar-refractivity contribution is 5.80. The molecule has 2 rings (SSSR count). The summed E-state index contributed by atoms with van der Waals surface area (Å²) in [6.07, 6.45) is 1.15. The van der Waals surface area contributed by atoms with E-state index in [4.69, 9.17) is 14.4 Å². The third kappa shape index (κ3) is 5.10. The van der Waals surface area contributed by atoms with Crippen molar-refractivity contribution in [2.45, 2.75) is 19.3 Å². The average Bonchev–Trinajstić information content (AvgIpc) is 3.02. The van der Waals surface area contributed by atoms with Crippen LogP contribution in [0, 0.1) is 0 Å². The minimum absolute atomic E-state index is 0.202. The first-order valence-electron chi connectivity index (χ1n) is 7.04. The molecule has 122 valence electrons. The lowest BCUT2D eigenvalue weighted by atomic mass is 10.2. The predicted octanol–water partition coefficient (Wildman–Crippen LogP) is 1.27. The van der Waals surface area contributed by atoms with E-state index in [-0.39, 0.29) is 18.9 Å². The molecule has 1 heterocycles. The summed E-state index contributed by atoms with van der Waals surface area (Å²) >= 11 is 0. The van der Waals surface area contributed by atoms with Gasteiger partial charge in [-0.05, 0) is 30.7 Å². The monoisotopic (exact) mass is 319 g/mol. The number of carboxylic acid groups (broad SMARTS) is 1. The summed E-state index contributed by atoms with van der Waals surface area (Å²) in [4.78, 5) is 26.0. The first-order valence-corrected chi connectivity index (χ1v) is 7.04. The highest BCUT2D eigenvalue weighted by Crippen LogP contribution is 2.20. The molecule has 23 heavy (non-hydrogen) atoms. The molecule has 2 N–H and O–H groups in total. The zero-order chi connectivity index (χ0) is 16.7. The molecule has 1 amide bonds. The van der Waals surface area contributed by atoms with Gasteiger partial charge in [-0.25, -0.2) is 0 Å². The molecule has 8 nitrogen and oxygen atoms in total. The Labute approximate surface area is 132 Å². The van der Waals surface area contributed by atoms with Crippen LogP contribution in [0.25, 0.3) is 11.4 Å². The molecule has 0 atom stereocenters. The van der Waals surface area contributed by atoms with Crippen molar-refractivity contribution in [1.82, 2.24) is 15.5 Å². The molecule has 2 aromatic rings. The molecule has 0 aliphatic heterocycles. The lowest BCUT2D eigenvalue weighted by Gasteiger charge is -2.00. The summed E-state index contributed by atoms with van der Waals surface area (Å²) in [5, 5.41) is 14.6. The SMILES string of the molecule is COc1ccc(-c2noc(CCCC(=O)NCC(=O)O)n2)cc1. The Morgan fingerprint density at radius 2 is 2.04 bits per heavy atom. The number of aromatic nitrogens is 2. The van der Waals surface area contributed by atoms with Gasteiger partial charge >= 0.3 is 5.97 Å². The smallest absolute Gasteiger partial charge is 0.322 e. The summed E-state index contributed by atoms with van der Waals surface area (Å²) in [6.45, 7) is -0.374. The van der Waals surface area contributed by atoms with E-state index in [2.05, 4.69) is 15.5 Å². The Hall–Kier alpha value is -2.90. The van der Waals surface area contributed by atoms with Crippen LogP contribution in [0.5, 0.6) is 5.75 Å². The van der Waals surface area contributed by atoms with Gasteiger partial charge in [-0.15, -0.1) is 0 Å². The molecular formula is C15H17N3O5. The number of carbonyl (C=O) groups excluding carboxylic acids is 1. The van der Waals surface area contributed by atoms with Crippen molar-refractivity contribution in [3.8, 4) is 17.1 Å². The number of methoxy groups -OCH3 is 1. The van der Waals surface area contributed by atoms with Crippen molar-refractivity contribution in [2.75, 3.05) is 13.7 Å². The second-order valence-electron chi connectivity index (χ2n) is 4.76. The second kappa shape index (κ2) is 7.92. The summed E-state index contributed by atoms with van der Waals surface area (Å²) < 4.78 is 10.2. The largest absolute Gasteiger partial charge is 0.497 e. The number of hydrogen-bond acceptors (Lipinski definition) is 6. The predicted molar refractivity (Wildman–Crippen MR) is 79.9 cm³/mol. The van der Waals surface area contributed by atoms with E-state index in [9.17, 15) is 9.59 Å². The maximum atomic E-state index is 11.4. The maximum Gasteiger partial charge on any atom is 0.322 e. The van der Waals surface area contributed by atoms with Gasteiger partial charge in [-0.1, -0.05) is 5.16 Å². The van der Waals surface area contributed by atoms with Gasteiger partial charge in [0.15, 0.2) is 0 Å². The quantitative estimate of drug-likeness (QED) is 0.753. The summed E-state index contributed by atoms with van der Waals surface area (Å²) in [5.74, 6) is 0.256. The lowest BCUT2D eigenvalue weighted by molar-refractivity contribution is -0.137. The van der Waals surface area contributed by atoms with Crippen molar-refractivity contribution in [1.29, 1.82) is 0 Å².